The maximum absolute atomic E-state index is 2.61. The van der Waals surface area contributed by atoms with Crippen LogP contribution in [0.4, 0.5) is 0 Å². The first-order chi connectivity index (χ1) is 11.8. The number of rotatable bonds is 3. The lowest BCUT2D eigenvalue weighted by atomic mass is 9.98. The molecule has 0 amide bonds. The van der Waals surface area contributed by atoms with Crippen LogP contribution in [0.3, 0.4) is 0 Å². The predicted octanol–water partition coefficient (Wildman–Crippen LogP) is 5.54. The lowest BCUT2D eigenvalue weighted by Crippen LogP contribution is -2.29. The van der Waals surface area contributed by atoms with Crippen molar-refractivity contribution in [2.75, 3.05) is 13.1 Å². The molecule has 1 nitrogen and oxygen atoms in total. The molecule has 1 fully saturated rings. The number of piperidine rings is 1. The zero-order chi connectivity index (χ0) is 16.4. The largest absolute Gasteiger partial charge is 0.371 e. The van der Waals surface area contributed by atoms with Crippen LogP contribution in [-0.4, -0.2) is 18.0 Å². The van der Waals surface area contributed by atoms with Crippen molar-refractivity contribution in [1.29, 1.82) is 0 Å². The Kier molecular flexibility index (Phi) is 4.25. The van der Waals surface area contributed by atoms with Gasteiger partial charge in [-0.15, -0.1) is 0 Å². The number of hydrogen-bond donors (Lipinski definition) is 0. The Balaban J connectivity index is 1.81. The van der Waals surface area contributed by atoms with Crippen LogP contribution in [0.5, 0.6) is 0 Å². The van der Waals surface area contributed by atoms with Crippen molar-refractivity contribution in [1.82, 2.24) is 4.90 Å². The Morgan fingerprint density at radius 3 is 2.38 bits per heavy atom. The average Bonchev–Trinajstić information content (AvgIpc) is 2.97. The first kappa shape index (κ1) is 15.3. The Bertz CT molecular complexity index is 777. The molecule has 0 atom stereocenters. The Labute approximate surface area is 145 Å². The zero-order valence-corrected chi connectivity index (χ0v) is 14.5. The Morgan fingerprint density at radius 2 is 1.58 bits per heavy atom. The smallest absolute Gasteiger partial charge is 0.0451 e. The molecule has 0 aromatic heterocycles. The van der Waals surface area contributed by atoms with E-state index >= 15 is 0 Å². The van der Waals surface area contributed by atoms with Crippen LogP contribution in [0.1, 0.15) is 42.9 Å². The summed E-state index contributed by atoms with van der Waals surface area (Å²) in [4.78, 5) is 2.61. The van der Waals surface area contributed by atoms with Crippen LogP contribution in [0.2, 0.25) is 0 Å². The van der Waals surface area contributed by atoms with E-state index in [1.165, 1.54) is 65.9 Å². The van der Waals surface area contributed by atoms with Crippen LogP contribution in [0.25, 0.3) is 11.6 Å². The molecule has 1 saturated heterocycles. The van der Waals surface area contributed by atoms with E-state index in [-0.39, 0.29) is 0 Å². The summed E-state index contributed by atoms with van der Waals surface area (Å²) < 4.78 is 0. The van der Waals surface area contributed by atoms with Crippen molar-refractivity contribution in [2.45, 2.75) is 32.6 Å². The molecule has 122 valence electrons. The van der Waals surface area contributed by atoms with Gasteiger partial charge in [0.1, 0.15) is 0 Å². The van der Waals surface area contributed by atoms with Crippen molar-refractivity contribution < 1.29 is 0 Å². The molecule has 0 radical (unpaired) electrons. The molecule has 2 aromatic rings. The molecule has 0 unspecified atom stereocenters. The van der Waals surface area contributed by atoms with Crippen LogP contribution >= 0.6 is 0 Å². The molecule has 2 aromatic carbocycles. The number of likely N-dealkylation sites (tertiary alicyclic amines) is 1. The van der Waals surface area contributed by atoms with Gasteiger partial charge in [-0.25, -0.2) is 0 Å². The summed E-state index contributed by atoms with van der Waals surface area (Å²) >= 11 is 0. The highest BCUT2D eigenvalue weighted by atomic mass is 15.1. The van der Waals surface area contributed by atoms with Crippen molar-refractivity contribution >= 4 is 11.6 Å². The molecule has 24 heavy (non-hydrogen) atoms. The Morgan fingerprint density at radius 1 is 0.875 bits per heavy atom. The van der Waals surface area contributed by atoms with Crippen LogP contribution in [-0.2, 0) is 6.42 Å². The molecule has 4 rings (SSSR count). The summed E-state index contributed by atoms with van der Waals surface area (Å²) in [6, 6.07) is 19.7. The summed E-state index contributed by atoms with van der Waals surface area (Å²) in [5, 5.41) is 0. The molecule has 1 heteroatoms. The van der Waals surface area contributed by atoms with Gasteiger partial charge in [0.05, 0.1) is 0 Å². The van der Waals surface area contributed by atoms with Gasteiger partial charge in [-0.2, -0.15) is 0 Å². The van der Waals surface area contributed by atoms with E-state index in [0.29, 0.717) is 0 Å². The minimum Gasteiger partial charge on any atom is -0.371 e. The fourth-order valence-electron chi connectivity index (χ4n) is 4.04. The molecule has 1 aliphatic carbocycles. The maximum Gasteiger partial charge on any atom is 0.0451 e. The normalized spacial score (nSPS) is 18.0. The van der Waals surface area contributed by atoms with E-state index < -0.39 is 0 Å². The number of allylic oxidation sites excluding steroid dienone is 2. The van der Waals surface area contributed by atoms with Gasteiger partial charge in [-0.05, 0) is 55.4 Å². The second-order valence-corrected chi connectivity index (χ2v) is 6.98. The SMILES string of the molecule is CC1=C(/C(=C\c2ccccc2)N2CCCCC2)c2ccccc2C1. The quantitative estimate of drug-likeness (QED) is 0.718. The van der Waals surface area contributed by atoms with Gasteiger partial charge in [0.2, 0.25) is 0 Å². The zero-order valence-electron chi connectivity index (χ0n) is 14.5. The third-order valence-corrected chi connectivity index (χ3v) is 5.22. The van der Waals surface area contributed by atoms with Gasteiger partial charge in [0.25, 0.3) is 0 Å². The predicted molar refractivity (Wildman–Crippen MR) is 103 cm³/mol. The van der Waals surface area contributed by atoms with Gasteiger partial charge < -0.3 is 4.90 Å². The van der Waals surface area contributed by atoms with Gasteiger partial charge in [-0.3, -0.25) is 0 Å². The van der Waals surface area contributed by atoms with Crippen molar-refractivity contribution in [3.63, 3.8) is 0 Å². The van der Waals surface area contributed by atoms with Gasteiger partial charge in [0.15, 0.2) is 0 Å². The average molecular weight is 315 g/mol. The Hall–Kier alpha value is -2.28. The molecule has 1 aliphatic heterocycles. The number of fused-ring (bicyclic) bond motifs is 1. The summed E-state index contributed by atoms with van der Waals surface area (Å²) in [5.74, 6) is 0. The van der Waals surface area contributed by atoms with Crippen molar-refractivity contribution in [3.8, 4) is 0 Å². The van der Waals surface area contributed by atoms with Crippen LogP contribution in [0.15, 0.2) is 65.9 Å². The molecule has 1 heterocycles. The molecular weight excluding hydrogens is 290 g/mol. The molecule has 0 bridgehead atoms. The highest BCUT2D eigenvalue weighted by Crippen LogP contribution is 2.40. The first-order valence-corrected chi connectivity index (χ1v) is 9.13. The molecule has 2 aliphatic rings. The third kappa shape index (κ3) is 2.91. The highest BCUT2D eigenvalue weighted by Gasteiger charge is 2.25. The summed E-state index contributed by atoms with van der Waals surface area (Å²) in [7, 11) is 0. The second kappa shape index (κ2) is 6.68. The van der Waals surface area contributed by atoms with Gasteiger partial charge >= 0.3 is 0 Å². The molecule has 0 spiro atoms. The first-order valence-electron chi connectivity index (χ1n) is 9.13. The number of benzene rings is 2. The van der Waals surface area contributed by atoms with E-state index in [0.717, 1.165) is 6.42 Å². The lowest BCUT2D eigenvalue weighted by molar-refractivity contribution is 0.297. The standard InChI is InChI=1S/C23H25N/c1-18-16-20-12-6-7-13-21(20)23(18)22(24-14-8-3-9-15-24)17-19-10-4-2-5-11-19/h2,4-7,10-13,17H,3,8-9,14-16H2,1H3/b22-17+. The van der Waals surface area contributed by atoms with Gasteiger partial charge in [-0.1, -0.05) is 60.2 Å². The third-order valence-electron chi connectivity index (χ3n) is 5.22. The summed E-state index contributed by atoms with van der Waals surface area (Å²) in [5.41, 5.74) is 8.59. The second-order valence-electron chi connectivity index (χ2n) is 6.98. The fraction of sp³-hybridized carbons (Fsp3) is 0.304. The monoisotopic (exact) mass is 315 g/mol. The van der Waals surface area contributed by atoms with E-state index in [1.807, 2.05) is 0 Å². The van der Waals surface area contributed by atoms with Crippen molar-refractivity contribution in [2.24, 2.45) is 0 Å². The van der Waals surface area contributed by atoms with E-state index in [4.69, 9.17) is 0 Å². The van der Waals surface area contributed by atoms with E-state index in [1.54, 1.807) is 0 Å². The van der Waals surface area contributed by atoms with Gasteiger partial charge in [0, 0.05) is 24.4 Å². The number of nitrogens with zero attached hydrogens (tertiary/aromatic N) is 1. The minimum absolute atomic E-state index is 1.09. The van der Waals surface area contributed by atoms with Crippen LogP contribution in [0, 0.1) is 0 Å². The molecular formula is C23H25N. The minimum atomic E-state index is 1.09. The summed E-state index contributed by atoms with van der Waals surface area (Å²) in [6.07, 6.45) is 7.46. The van der Waals surface area contributed by atoms with E-state index in [9.17, 15) is 0 Å². The summed E-state index contributed by atoms with van der Waals surface area (Å²) in [6.45, 7) is 4.66. The molecule has 0 saturated carbocycles. The molecule has 0 N–H and O–H groups in total. The maximum atomic E-state index is 2.61. The van der Waals surface area contributed by atoms with Crippen molar-refractivity contribution in [3.05, 3.63) is 82.6 Å². The fourth-order valence-corrected chi connectivity index (χ4v) is 4.04. The van der Waals surface area contributed by atoms with Crippen LogP contribution < -0.4 is 0 Å². The number of hydrogen-bond acceptors (Lipinski definition) is 1. The lowest BCUT2D eigenvalue weighted by Gasteiger charge is -2.32. The highest BCUT2D eigenvalue weighted by molar-refractivity contribution is 5.89. The topological polar surface area (TPSA) is 3.24 Å². The van der Waals surface area contributed by atoms with E-state index in [2.05, 4.69) is 72.5 Å².